The molecule has 0 atom stereocenters. The Bertz CT molecular complexity index is 623. The van der Waals surface area contributed by atoms with Crippen molar-refractivity contribution >= 4 is 15.9 Å². The zero-order valence-corrected chi connectivity index (χ0v) is 14.4. The molecule has 0 unspecified atom stereocenters. The van der Waals surface area contributed by atoms with Crippen molar-refractivity contribution in [1.29, 1.82) is 0 Å². The molecule has 112 valence electrons. The molecule has 0 aliphatic heterocycles. The van der Waals surface area contributed by atoms with Crippen LogP contribution in [-0.4, -0.2) is 6.54 Å². The van der Waals surface area contributed by atoms with Crippen LogP contribution in [-0.2, 0) is 6.42 Å². The molecule has 2 rings (SSSR count). The Labute approximate surface area is 135 Å². The number of hydrogen-bond acceptors (Lipinski definition) is 2. The summed E-state index contributed by atoms with van der Waals surface area (Å²) in [5.74, 6) is 2.26. The van der Waals surface area contributed by atoms with Crippen molar-refractivity contribution < 1.29 is 4.74 Å². The van der Waals surface area contributed by atoms with E-state index in [2.05, 4.69) is 54.9 Å². The third kappa shape index (κ3) is 4.08. The van der Waals surface area contributed by atoms with E-state index in [1.807, 2.05) is 18.2 Å². The predicted molar refractivity (Wildman–Crippen MR) is 92.2 cm³/mol. The summed E-state index contributed by atoms with van der Waals surface area (Å²) >= 11 is 3.49. The van der Waals surface area contributed by atoms with E-state index in [-0.39, 0.29) is 0 Å². The summed E-state index contributed by atoms with van der Waals surface area (Å²) in [6.07, 6.45) is 0.811. The molecule has 2 N–H and O–H groups in total. The minimum atomic E-state index is 0.526. The molecule has 2 aromatic carbocycles. The fourth-order valence-electron chi connectivity index (χ4n) is 2.47. The van der Waals surface area contributed by atoms with Gasteiger partial charge in [-0.3, -0.25) is 0 Å². The first kappa shape index (κ1) is 16.1. The van der Waals surface area contributed by atoms with Gasteiger partial charge >= 0.3 is 0 Å². The highest BCUT2D eigenvalue weighted by Crippen LogP contribution is 2.31. The van der Waals surface area contributed by atoms with Gasteiger partial charge in [0, 0.05) is 4.47 Å². The fourth-order valence-corrected chi connectivity index (χ4v) is 2.81. The number of halogens is 1. The minimum Gasteiger partial charge on any atom is -0.457 e. The van der Waals surface area contributed by atoms with Crippen LogP contribution < -0.4 is 10.5 Å². The van der Waals surface area contributed by atoms with Gasteiger partial charge in [0.15, 0.2) is 0 Å². The van der Waals surface area contributed by atoms with Gasteiger partial charge in [0.25, 0.3) is 0 Å². The summed E-state index contributed by atoms with van der Waals surface area (Å²) in [5, 5.41) is 0. The molecule has 0 amide bonds. The van der Waals surface area contributed by atoms with E-state index in [1.54, 1.807) is 0 Å². The third-order valence-corrected chi connectivity index (χ3v) is 4.03. The van der Waals surface area contributed by atoms with Gasteiger partial charge in [0.1, 0.15) is 11.5 Å². The van der Waals surface area contributed by atoms with Crippen LogP contribution in [0.15, 0.2) is 40.9 Å². The summed E-state index contributed by atoms with van der Waals surface area (Å²) in [5.41, 5.74) is 9.42. The Morgan fingerprint density at radius 3 is 2.52 bits per heavy atom. The van der Waals surface area contributed by atoms with Crippen LogP contribution in [0.4, 0.5) is 0 Å². The molecule has 0 saturated carbocycles. The lowest BCUT2D eigenvalue weighted by Crippen LogP contribution is -2.04. The largest absolute Gasteiger partial charge is 0.457 e. The summed E-state index contributed by atoms with van der Waals surface area (Å²) < 4.78 is 7.08. The van der Waals surface area contributed by atoms with E-state index in [4.69, 9.17) is 10.5 Å². The second kappa shape index (κ2) is 7.10. The predicted octanol–water partition coefficient (Wildman–Crippen LogP) is 5.17. The molecule has 0 heterocycles. The number of aryl methyl sites for hydroxylation is 1. The van der Waals surface area contributed by atoms with Crippen LogP contribution in [0.1, 0.15) is 36.5 Å². The van der Waals surface area contributed by atoms with Crippen molar-refractivity contribution in [2.45, 2.75) is 33.1 Å². The normalized spacial score (nSPS) is 11.0. The van der Waals surface area contributed by atoms with E-state index in [0.29, 0.717) is 12.5 Å². The first-order valence-corrected chi connectivity index (χ1v) is 8.07. The Hall–Kier alpha value is -1.32. The van der Waals surface area contributed by atoms with Crippen molar-refractivity contribution in [3.05, 3.63) is 57.6 Å². The Morgan fingerprint density at radius 2 is 1.90 bits per heavy atom. The highest BCUT2D eigenvalue weighted by molar-refractivity contribution is 9.10. The standard InChI is InChI=1S/C18H22BrNO/c1-12(2)17-7-6-16(10-13(17)3)21-18-11-15(19)5-4-14(18)8-9-20/h4-7,10-12H,8-9,20H2,1-3H3. The highest BCUT2D eigenvalue weighted by Gasteiger charge is 2.08. The summed E-state index contributed by atoms with van der Waals surface area (Å²) in [7, 11) is 0. The molecule has 0 aliphatic carbocycles. The van der Waals surface area contributed by atoms with E-state index in [1.165, 1.54) is 11.1 Å². The lowest BCUT2D eigenvalue weighted by atomic mass is 9.98. The van der Waals surface area contributed by atoms with E-state index >= 15 is 0 Å². The van der Waals surface area contributed by atoms with Crippen LogP contribution >= 0.6 is 15.9 Å². The molecule has 0 spiro atoms. The molecule has 0 aliphatic rings. The van der Waals surface area contributed by atoms with Crippen LogP contribution in [0.25, 0.3) is 0 Å². The zero-order chi connectivity index (χ0) is 15.4. The quantitative estimate of drug-likeness (QED) is 0.809. The molecule has 2 aromatic rings. The van der Waals surface area contributed by atoms with E-state index in [9.17, 15) is 0 Å². The minimum absolute atomic E-state index is 0.526. The second-order valence-electron chi connectivity index (χ2n) is 5.57. The highest BCUT2D eigenvalue weighted by atomic mass is 79.9. The molecule has 0 aromatic heterocycles. The van der Waals surface area contributed by atoms with Gasteiger partial charge in [0.05, 0.1) is 0 Å². The SMILES string of the molecule is Cc1cc(Oc2cc(Br)ccc2CCN)ccc1C(C)C. The summed E-state index contributed by atoms with van der Waals surface area (Å²) in [6.45, 7) is 7.15. The maximum Gasteiger partial charge on any atom is 0.131 e. The Balaban J connectivity index is 2.29. The van der Waals surface area contributed by atoms with Crippen LogP contribution in [0.2, 0.25) is 0 Å². The first-order valence-electron chi connectivity index (χ1n) is 7.28. The van der Waals surface area contributed by atoms with Crippen molar-refractivity contribution in [1.82, 2.24) is 0 Å². The molecule has 2 nitrogen and oxygen atoms in total. The maximum absolute atomic E-state index is 6.07. The van der Waals surface area contributed by atoms with Gasteiger partial charge in [-0.15, -0.1) is 0 Å². The van der Waals surface area contributed by atoms with Gasteiger partial charge in [-0.05, 0) is 66.8 Å². The lowest BCUT2D eigenvalue weighted by Gasteiger charge is -2.14. The first-order chi connectivity index (χ1) is 10.0. The third-order valence-electron chi connectivity index (χ3n) is 3.53. The molecule has 3 heteroatoms. The summed E-state index contributed by atoms with van der Waals surface area (Å²) in [6, 6.07) is 12.4. The van der Waals surface area contributed by atoms with Gasteiger partial charge in [0.2, 0.25) is 0 Å². The number of benzene rings is 2. The molecule has 0 bridgehead atoms. The Kier molecular flexibility index (Phi) is 5.43. The van der Waals surface area contributed by atoms with Crippen LogP contribution in [0.5, 0.6) is 11.5 Å². The fraction of sp³-hybridized carbons (Fsp3) is 0.333. The lowest BCUT2D eigenvalue weighted by molar-refractivity contribution is 0.475. The maximum atomic E-state index is 6.07. The molecule has 0 fully saturated rings. The number of nitrogens with two attached hydrogens (primary N) is 1. The topological polar surface area (TPSA) is 35.2 Å². The van der Waals surface area contributed by atoms with Crippen molar-refractivity contribution in [3.63, 3.8) is 0 Å². The number of hydrogen-bond donors (Lipinski definition) is 1. The Morgan fingerprint density at radius 1 is 1.14 bits per heavy atom. The van der Waals surface area contributed by atoms with Crippen LogP contribution in [0.3, 0.4) is 0 Å². The second-order valence-corrected chi connectivity index (χ2v) is 6.48. The summed E-state index contributed by atoms with van der Waals surface area (Å²) in [4.78, 5) is 0. The van der Waals surface area contributed by atoms with Crippen molar-refractivity contribution in [2.75, 3.05) is 6.54 Å². The van der Waals surface area contributed by atoms with Crippen molar-refractivity contribution in [2.24, 2.45) is 5.73 Å². The molecule has 0 saturated heterocycles. The van der Waals surface area contributed by atoms with E-state index < -0.39 is 0 Å². The molecular weight excluding hydrogens is 326 g/mol. The van der Waals surface area contributed by atoms with Gasteiger partial charge in [-0.2, -0.15) is 0 Å². The van der Waals surface area contributed by atoms with Crippen molar-refractivity contribution in [3.8, 4) is 11.5 Å². The molecule has 21 heavy (non-hydrogen) atoms. The van der Waals surface area contributed by atoms with E-state index in [0.717, 1.165) is 28.0 Å². The number of rotatable bonds is 5. The molecule has 0 radical (unpaired) electrons. The monoisotopic (exact) mass is 347 g/mol. The van der Waals surface area contributed by atoms with Crippen LogP contribution in [0, 0.1) is 6.92 Å². The number of ether oxygens (including phenoxy) is 1. The average molecular weight is 348 g/mol. The van der Waals surface area contributed by atoms with Gasteiger partial charge in [-0.25, -0.2) is 0 Å². The molecular formula is C18H22BrNO. The zero-order valence-electron chi connectivity index (χ0n) is 12.8. The average Bonchev–Trinajstić information content (AvgIpc) is 2.41. The van der Waals surface area contributed by atoms with Gasteiger partial charge in [-0.1, -0.05) is 41.9 Å². The smallest absolute Gasteiger partial charge is 0.131 e. The van der Waals surface area contributed by atoms with Gasteiger partial charge < -0.3 is 10.5 Å².